The Labute approximate surface area is 138 Å². The lowest BCUT2D eigenvalue weighted by atomic mass is 10.1. The molecule has 0 rings (SSSR count). The first-order chi connectivity index (χ1) is 9.91. The van der Waals surface area contributed by atoms with Crippen molar-refractivity contribution in [3.8, 4) is 0 Å². The van der Waals surface area contributed by atoms with Gasteiger partial charge in [-0.1, -0.05) is 20.8 Å². The van der Waals surface area contributed by atoms with E-state index >= 15 is 0 Å². The first kappa shape index (κ1) is 23.4. The summed E-state index contributed by atoms with van der Waals surface area (Å²) in [5.41, 5.74) is 1.22. The van der Waals surface area contributed by atoms with Gasteiger partial charge in [-0.15, -0.1) is 0 Å². The Balaban J connectivity index is 0. The molecule has 0 aliphatic heterocycles. The Morgan fingerprint density at radius 2 is 1.62 bits per heavy atom. The van der Waals surface area contributed by atoms with Crippen molar-refractivity contribution < 1.29 is 13.3 Å². The van der Waals surface area contributed by atoms with Crippen LogP contribution in [0.1, 0.15) is 47.0 Å². The van der Waals surface area contributed by atoms with E-state index in [1.54, 1.807) is 21.3 Å². The molecule has 0 amide bonds. The van der Waals surface area contributed by atoms with Gasteiger partial charge in [-0.25, -0.2) is 0 Å². The quantitative estimate of drug-likeness (QED) is 0.282. The van der Waals surface area contributed by atoms with E-state index in [9.17, 15) is 0 Å². The molecule has 0 aliphatic carbocycles. The van der Waals surface area contributed by atoms with E-state index < -0.39 is 8.80 Å². The molecule has 0 fully saturated rings. The molecular weight excluding hydrogens is 302 g/mol. The van der Waals surface area contributed by atoms with Gasteiger partial charge in [0.2, 0.25) is 0 Å². The Morgan fingerprint density at radius 1 is 1.14 bits per heavy atom. The predicted octanol–water partition coefficient (Wildman–Crippen LogP) is 4.09. The number of hydrogen-bond donors (Lipinski definition) is 1. The van der Waals surface area contributed by atoms with Crippen LogP contribution in [-0.4, -0.2) is 48.1 Å². The number of aliphatic imine (C=N–C) groups is 1. The molecule has 0 aromatic heterocycles. The molecule has 0 unspecified atom stereocenters. The van der Waals surface area contributed by atoms with Crippen molar-refractivity contribution in [3.63, 3.8) is 0 Å². The first-order valence-corrected chi connectivity index (χ1v) is 10.2. The van der Waals surface area contributed by atoms with Crippen LogP contribution in [-0.2, 0) is 13.3 Å². The van der Waals surface area contributed by atoms with Gasteiger partial charge in [0.25, 0.3) is 0 Å². The van der Waals surface area contributed by atoms with Crippen molar-refractivity contribution in [1.29, 1.82) is 0 Å². The van der Waals surface area contributed by atoms with Crippen LogP contribution in [0.5, 0.6) is 0 Å². The fraction of sp³-hybridized carbons (Fsp3) is 0.933. The zero-order valence-corrected chi connectivity index (χ0v) is 16.8. The topological polar surface area (TPSA) is 40.0 Å². The molecule has 0 saturated carbocycles. The summed E-state index contributed by atoms with van der Waals surface area (Å²) in [6.45, 7) is 9.43. The van der Waals surface area contributed by atoms with Crippen molar-refractivity contribution in [2.24, 2.45) is 10.9 Å². The van der Waals surface area contributed by atoms with Gasteiger partial charge >= 0.3 is 8.80 Å². The van der Waals surface area contributed by atoms with E-state index in [0.717, 1.165) is 31.2 Å². The van der Waals surface area contributed by atoms with Gasteiger partial charge in [-0.05, 0) is 37.9 Å². The normalized spacial score (nSPS) is 12.3. The largest absolute Gasteiger partial charge is 0.500 e. The molecule has 4 nitrogen and oxygen atoms in total. The molecule has 0 aliphatic rings. The molecule has 0 aromatic carbocycles. The molecule has 128 valence electrons. The maximum atomic E-state index is 5.35. The summed E-state index contributed by atoms with van der Waals surface area (Å²) in [4.78, 5) is 4.54. The van der Waals surface area contributed by atoms with E-state index in [4.69, 9.17) is 13.3 Å². The van der Waals surface area contributed by atoms with E-state index in [-0.39, 0.29) is 0 Å². The summed E-state index contributed by atoms with van der Waals surface area (Å²) < 4.78 is 16.1. The standard InChI is InChI=1S/C12H27NO3Si.C3H8S/c1-11(2)10-12(3)13-8-7-9-17(14-4,15-5)16-6;1-2-3-4/h11H,7-10H2,1-6H3;4H,2-3H2,1H3. The van der Waals surface area contributed by atoms with Crippen LogP contribution >= 0.6 is 12.6 Å². The van der Waals surface area contributed by atoms with Crippen molar-refractivity contribution in [2.75, 3.05) is 33.6 Å². The highest BCUT2D eigenvalue weighted by atomic mass is 32.1. The van der Waals surface area contributed by atoms with Crippen molar-refractivity contribution in [1.82, 2.24) is 0 Å². The molecule has 0 spiro atoms. The number of rotatable bonds is 10. The van der Waals surface area contributed by atoms with E-state index in [1.165, 1.54) is 12.1 Å². The molecule has 0 bridgehead atoms. The van der Waals surface area contributed by atoms with Crippen molar-refractivity contribution >= 4 is 27.1 Å². The second-order valence-corrected chi connectivity index (χ2v) is 8.88. The number of hydrogen-bond acceptors (Lipinski definition) is 5. The van der Waals surface area contributed by atoms with Gasteiger partial charge < -0.3 is 13.3 Å². The molecule has 0 atom stereocenters. The zero-order valence-electron chi connectivity index (χ0n) is 14.9. The average molecular weight is 338 g/mol. The van der Waals surface area contributed by atoms with E-state index in [0.29, 0.717) is 5.92 Å². The Morgan fingerprint density at radius 3 is 1.95 bits per heavy atom. The van der Waals surface area contributed by atoms with E-state index in [1.807, 2.05) is 0 Å². The highest BCUT2D eigenvalue weighted by Gasteiger charge is 2.36. The second kappa shape index (κ2) is 15.0. The number of nitrogens with zero attached hydrogens (tertiary/aromatic N) is 1. The third-order valence-electron chi connectivity index (χ3n) is 2.88. The molecule has 0 N–H and O–H groups in total. The Bertz CT molecular complexity index is 249. The minimum atomic E-state index is -2.39. The summed E-state index contributed by atoms with van der Waals surface area (Å²) in [7, 11) is 2.55. The smallest absolute Gasteiger partial charge is 0.377 e. The maximum Gasteiger partial charge on any atom is 0.500 e. The highest BCUT2D eigenvalue weighted by Crippen LogP contribution is 2.15. The highest BCUT2D eigenvalue weighted by molar-refractivity contribution is 7.80. The third kappa shape index (κ3) is 13.5. The Hall–Kier alpha value is 0.117. The molecular formula is C15H35NO3SSi. The second-order valence-electron chi connectivity index (χ2n) is 5.34. The molecule has 0 radical (unpaired) electrons. The number of thiol groups is 1. The summed E-state index contributed by atoms with van der Waals surface area (Å²) in [6, 6.07) is 0.814. The minimum Gasteiger partial charge on any atom is -0.377 e. The summed E-state index contributed by atoms with van der Waals surface area (Å²) in [6.07, 6.45) is 3.20. The van der Waals surface area contributed by atoms with Crippen molar-refractivity contribution in [3.05, 3.63) is 0 Å². The molecule has 21 heavy (non-hydrogen) atoms. The van der Waals surface area contributed by atoms with Gasteiger partial charge in [-0.2, -0.15) is 12.6 Å². The fourth-order valence-electron chi connectivity index (χ4n) is 1.78. The van der Waals surface area contributed by atoms with Crippen LogP contribution in [0.3, 0.4) is 0 Å². The maximum absolute atomic E-state index is 5.35. The third-order valence-corrected chi connectivity index (χ3v) is 6.16. The van der Waals surface area contributed by atoms with Crippen LogP contribution in [0.4, 0.5) is 0 Å². The van der Waals surface area contributed by atoms with Crippen LogP contribution in [0.25, 0.3) is 0 Å². The summed E-state index contributed by atoms with van der Waals surface area (Å²) in [5, 5.41) is 0. The lowest BCUT2D eigenvalue weighted by Crippen LogP contribution is -2.42. The molecule has 6 heteroatoms. The monoisotopic (exact) mass is 337 g/mol. The van der Waals surface area contributed by atoms with Crippen LogP contribution in [0.15, 0.2) is 4.99 Å². The first-order valence-electron chi connectivity index (χ1n) is 7.67. The average Bonchev–Trinajstić information content (AvgIpc) is 2.48. The zero-order chi connectivity index (χ0) is 16.7. The SMILES string of the molecule is CCCS.CO[Si](CCCN=C(C)CC(C)C)(OC)OC. The summed E-state index contributed by atoms with van der Waals surface area (Å²) >= 11 is 3.92. The Kier molecular flexibility index (Phi) is 16.7. The van der Waals surface area contributed by atoms with Gasteiger partial charge in [-0.3, -0.25) is 4.99 Å². The lowest BCUT2D eigenvalue weighted by Gasteiger charge is -2.23. The van der Waals surface area contributed by atoms with Gasteiger partial charge in [0.15, 0.2) is 0 Å². The van der Waals surface area contributed by atoms with Crippen LogP contribution < -0.4 is 0 Å². The lowest BCUT2D eigenvalue weighted by molar-refractivity contribution is 0.123. The van der Waals surface area contributed by atoms with Crippen LogP contribution in [0.2, 0.25) is 6.04 Å². The minimum absolute atomic E-state index is 0.671. The van der Waals surface area contributed by atoms with Gasteiger partial charge in [0.1, 0.15) is 0 Å². The van der Waals surface area contributed by atoms with Crippen LogP contribution in [0, 0.1) is 5.92 Å². The molecule has 0 aromatic rings. The molecule has 0 heterocycles. The van der Waals surface area contributed by atoms with Crippen molar-refractivity contribution in [2.45, 2.75) is 53.0 Å². The summed E-state index contributed by atoms with van der Waals surface area (Å²) in [5.74, 6) is 1.68. The predicted molar refractivity (Wildman–Crippen MR) is 97.8 cm³/mol. The molecule has 0 saturated heterocycles. The fourth-order valence-corrected chi connectivity index (χ4v) is 3.48. The van der Waals surface area contributed by atoms with E-state index in [2.05, 4.69) is 45.3 Å². The van der Waals surface area contributed by atoms with Gasteiger partial charge in [0.05, 0.1) is 0 Å². The van der Waals surface area contributed by atoms with Gasteiger partial charge in [0, 0.05) is 39.6 Å².